The predicted molar refractivity (Wildman–Crippen MR) is 123 cm³/mol. The lowest BCUT2D eigenvalue weighted by molar-refractivity contribution is 0.0883. The first-order valence-electron chi connectivity index (χ1n) is 11.8. The summed E-state index contributed by atoms with van der Waals surface area (Å²) in [6.45, 7) is 13.1. The number of fused-ring (bicyclic) bond motifs is 1. The van der Waals surface area contributed by atoms with Crippen molar-refractivity contribution in [3.63, 3.8) is 0 Å². The number of hydrogen-bond donors (Lipinski definition) is 0. The summed E-state index contributed by atoms with van der Waals surface area (Å²) in [5.74, 6) is 2.76. The van der Waals surface area contributed by atoms with Crippen LogP contribution in [0.4, 0.5) is 0 Å². The number of benzene rings is 2. The fourth-order valence-corrected chi connectivity index (χ4v) is 5.16. The van der Waals surface area contributed by atoms with Crippen LogP contribution in [0.5, 0.6) is 5.75 Å². The first-order valence-corrected chi connectivity index (χ1v) is 11.8. The van der Waals surface area contributed by atoms with Crippen molar-refractivity contribution >= 4 is 10.8 Å². The van der Waals surface area contributed by atoms with E-state index in [-0.39, 0.29) is 0 Å². The van der Waals surface area contributed by atoms with E-state index in [1.165, 1.54) is 68.0 Å². The van der Waals surface area contributed by atoms with Crippen molar-refractivity contribution in [2.24, 2.45) is 17.3 Å². The molecule has 1 aliphatic heterocycles. The lowest BCUT2D eigenvalue weighted by Gasteiger charge is -2.37. The summed E-state index contributed by atoms with van der Waals surface area (Å²) in [5.41, 5.74) is 1.86. The highest BCUT2D eigenvalue weighted by Gasteiger charge is 2.30. The molecule has 0 spiro atoms. The predicted octanol–water partition coefficient (Wildman–Crippen LogP) is 7.06. The lowest BCUT2D eigenvalue weighted by atomic mass is 9.72. The van der Waals surface area contributed by atoms with E-state index >= 15 is 0 Å². The number of nitrogens with zero attached hydrogens (tertiary/aromatic N) is 1. The number of hydrogen-bond acceptors (Lipinski definition) is 2. The van der Waals surface area contributed by atoms with E-state index in [4.69, 9.17) is 4.74 Å². The van der Waals surface area contributed by atoms with Gasteiger partial charge in [0.05, 0.1) is 6.10 Å². The molecule has 2 aromatic rings. The quantitative estimate of drug-likeness (QED) is 0.551. The Bertz CT molecular complexity index is 805. The van der Waals surface area contributed by atoms with Crippen molar-refractivity contribution in [2.45, 2.75) is 78.9 Å². The molecule has 0 aromatic heterocycles. The molecule has 0 N–H and O–H groups in total. The van der Waals surface area contributed by atoms with Gasteiger partial charge in [-0.3, -0.25) is 4.90 Å². The van der Waals surface area contributed by atoms with Gasteiger partial charge in [0.25, 0.3) is 0 Å². The third-order valence-corrected chi connectivity index (χ3v) is 7.36. The van der Waals surface area contributed by atoms with E-state index < -0.39 is 0 Å². The lowest BCUT2D eigenvalue weighted by Crippen LogP contribution is -2.32. The van der Waals surface area contributed by atoms with Crippen LogP contribution in [0.15, 0.2) is 36.4 Å². The van der Waals surface area contributed by atoms with Crippen LogP contribution in [0.2, 0.25) is 0 Å². The van der Waals surface area contributed by atoms with E-state index in [9.17, 15) is 0 Å². The number of piperidine rings is 1. The molecule has 2 aromatic carbocycles. The summed E-state index contributed by atoms with van der Waals surface area (Å²) in [7, 11) is 0. The van der Waals surface area contributed by atoms with E-state index in [1.54, 1.807) is 0 Å². The molecule has 1 saturated heterocycles. The van der Waals surface area contributed by atoms with Crippen molar-refractivity contribution in [3.8, 4) is 5.75 Å². The monoisotopic (exact) mass is 393 g/mol. The second-order valence-corrected chi connectivity index (χ2v) is 10.8. The number of likely N-dealkylation sites (tertiary alicyclic amines) is 1. The Morgan fingerprint density at radius 1 is 0.862 bits per heavy atom. The Kier molecular flexibility index (Phi) is 6.20. The molecule has 1 aliphatic carbocycles. The molecule has 158 valence electrons. The van der Waals surface area contributed by atoms with E-state index in [2.05, 4.69) is 69.0 Å². The average molecular weight is 394 g/mol. The molecule has 2 nitrogen and oxygen atoms in total. The van der Waals surface area contributed by atoms with Gasteiger partial charge in [0.1, 0.15) is 5.75 Å². The van der Waals surface area contributed by atoms with Gasteiger partial charge in [-0.05, 0) is 103 Å². The van der Waals surface area contributed by atoms with E-state index in [0.29, 0.717) is 11.5 Å². The SMILES string of the molecule is CC1CCN(Cc2ccc3cc(O[C@H]4CC[C@H](C(C)(C)C)CC4)ccc3c2)CC1. The zero-order valence-corrected chi connectivity index (χ0v) is 18.9. The Balaban J connectivity index is 1.36. The van der Waals surface area contributed by atoms with Gasteiger partial charge in [-0.15, -0.1) is 0 Å². The van der Waals surface area contributed by atoms with Gasteiger partial charge in [-0.2, -0.15) is 0 Å². The zero-order chi connectivity index (χ0) is 20.4. The molecular formula is C27H39NO. The molecule has 2 aliphatic rings. The van der Waals surface area contributed by atoms with Crippen LogP contribution >= 0.6 is 0 Å². The van der Waals surface area contributed by atoms with Crippen LogP contribution in [-0.2, 0) is 6.54 Å². The first kappa shape index (κ1) is 20.7. The average Bonchev–Trinajstić information content (AvgIpc) is 2.69. The van der Waals surface area contributed by atoms with Crippen LogP contribution in [-0.4, -0.2) is 24.1 Å². The van der Waals surface area contributed by atoms with Gasteiger partial charge >= 0.3 is 0 Å². The fourth-order valence-electron chi connectivity index (χ4n) is 5.16. The molecule has 0 bridgehead atoms. The Morgan fingerprint density at radius 2 is 1.52 bits per heavy atom. The van der Waals surface area contributed by atoms with Gasteiger partial charge in [-0.1, -0.05) is 45.9 Å². The molecule has 0 amide bonds. The van der Waals surface area contributed by atoms with Crippen molar-refractivity contribution in [3.05, 3.63) is 42.0 Å². The Hall–Kier alpha value is -1.54. The van der Waals surface area contributed by atoms with Gasteiger partial charge in [-0.25, -0.2) is 0 Å². The van der Waals surface area contributed by atoms with Gasteiger partial charge in [0, 0.05) is 6.54 Å². The summed E-state index contributed by atoms with van der Waals surface area (Å²) >= 11 is 0. The minimum atomic E-state index is 0.381. The van der Waals surface area contributed by atoms with Gasteiger partial charge < -0.3 is 4.74 Å². The zero-order valence-electron chi connectivity index (χ0n) is 18.9. The Labute approximate surface area is 177 Å². The molecule has 29 heavy (non-hydrogen) atoms. The van der Waals surface area contributed by atoms with Crippen LogP contribution < -0.4 is 4.74 Å². The number of ether oxygens (including phenoxy) is 1. The molecule has 1 heterocycles. The Morgan fingerprint density at radius 3 is 2.21 bits per heavy atom. The molecule has 2 heteroatoms. The molecule has 0 radical (unpaired) electrons. The molecule has 4 rings (SSSR count). The highest BCUT2D eigenvalue weighted by molar-refractivity contribution is 5.84. The summed E-state index contributed by atoms with van der Waals surface area (Å²) in [5, 5.41) is 2.62. The topological polar surface area (TPSA) is 12.5 Å². The summed E-state index contributed by atoms with van der Waals surface area (Å²) < 4.78 is 6.38. The maximum absolute atomic E-state index is 6.38. The van der Waals surface area contributed by atoms with Gasteiger partial charge in [0.15, 0.2) is 0 Å². The molecule has 0 unspecified atom stereocenters. The molecule has 2 fully saturated rings. The third kappa shape index (κ3) is 5.34. The molecular weight excluding hydrogens is 354 g/mol. The van der Waals surface area contributed by atoms with Crippen LogP contribution in [0.25, 0.3) is 10.8 Å². The summed E-state index contributed by atoms with van der Waals surface area (Å²) in [4.78, 5) is 2.60. The second-order valence-electron chi connectivity index (χ2n) is 10.8. The smallest absolute Gasteiger partial charge is 0.120 e. The van der Waals surface area contributed by atoms with E-state index in [1.807, 2.05) is 0 Å². The summed E-state index contributed by atoms with van der Waals surface area (Å²) in [6.07, 6.45) is 8.02. The fraction of sp³-hybridized carbons (Fsp3) is 0.630. The van der Waals surface area contributed by atoms with Crippen LogP contribution in [0, 0.1) is 17.3 Å². The standard InChI is InChI=1S/C27H39NO/c1-20-13-15-28(16-14-20)19-21-5-6-23-18-26(10-7-22(23)17-21)29-25-11-8-24(9-12-25)27(2,3)4/h5-7,10,17-18,20,24-25H,8-9,11-16,19H2,1-4H3/t24-,25-. The molecule has 1 saturated carbocycles. The van der Waals surface area contributed by atoms with Gasteiger partial charge in [0.2, 0.25) is 0 Å². The highest BCUT2D eigenvalue weighted by Crippen LogP contribution is 2.39. The minimum Gasteiger partial charge on any atom is -0.490 e. The van der Waals surface area contributed by atoms with Crippen molar-refractivity contribution in [1.29, 1.82) is 0 Å². The summed E-state index contributed by atoms with van der Waals surface area (Å²) in [6, 6.07) is 13.6. The van der Waals surface area contributed by atoms with Crippen LogP contribution in [0.3, 0.4) is 0 Å². The van der Waals surface area contributed by atoms with E-state index in [0.717, 1.165) is 24.1 Å². The minimum absolute atomic E-state index is 0.381. The van der Waals surface area contributed by atoms with Crippen molar-refractivity contribution in [2.75, 3.05) is 13.1 Å². The maximum Gasteiger partial charge on any atom is 0.120 e. The maximum atomic E-state index is 6.38. The number of rotatable bonds is 4. The largest absolute Gasteiger partial charge is 0.490 e. The van der Waals surface area contributed by atoms with Crippen molar-refractivity contribution < 1.29 is 4.74 Å². The second kappa shape index (κ2) is 8.68. The highest BCUT2D eigenvalue weighted by atomic mass is 16.5. The first-order chi connectivity index (χ1) is 13.9. The third-order valence-electron chi connectivity index (χ3n) is 7.36. The van der Waals surface area contributed by atoms with Crippen LogP contribution in [0.1, 0.15) is 71.8 Å². The van der Waals surface area contributed by atoms with Crippen molar-refractivity contribution in [1.82, 2.24) is 4.90 Å². The molecule has 0 atom stereocenters. The normalized spacial score (nSPS) is 24.7.